The van der Waals surface area contributed by atoms with E-state index in [1.807, 2.05) is 12.1 Å². The van der Waals surface area contributed by atoms with Crippen molar-refractivity contribution in [1.82, 2.24) is 14.0 Å². The van der Waals surface area contributed by atoms with E-state index in [2.05, 4.69) is 74.4 Å². The van der Waals surface area contributed by atoms with Crippen LogP contribution in [-0.2, 0) is 18.4 Å². The van der Waals surface area contributed by atoms with E-state index in [1.54, 1.807) is 0 Å². The Labute approximate surface area is 156 Å². The van der Waals surface area contributed by atoms with E-state index in [-0.39, 0.29) is 11.9 Å². The van der Waals surface area contributed by atoms with Gasteiger partial charge in [-0.1, -0.05) is 18.2 Å². The average molecular weight is 400 g/mol. The Morgan fingerprint density at radius 2 is 2.04 bits per heavy atom. The van der Waals surface area contributed by atoms with E-state index in [1.165, 1.54) is 5.69 Å². The molecular formula is C20H22BrN3O. The van der Waals surface area contributed by atoms with Gasteiger partial charge in [0.2, 0.25) is 5.91 Å². The molecule has 5 heteroatoms. The number of para-hydroxylation sites is 1. The normalized spacial score (nSPS) is 17.6. The molecular weight excluding hydrogens is 378 g/mol. The summed E-state index contributed by atoms with van der Waals surface area (Å²) >= 11 is 3.68. The minimum absolute atomic E-state index is 0.193. The van der Waals surface area contributed by atoms with E-state index < -0.39 is 0 Å². The Hall–Kier alpha value is -2.01. The third-order valence-electron chi connectivity index (χ3n) is 5.35. The summed E-state index contributed by atoms with van der Waals surface area (Å²) in [6, 6.07) is 12.6. The first kappa shape index (κ1) is 16.5. The van der Waals surface area contributed by atoms with E-state index >= 15 is 0 Å². The number of aromatic nitrogens is 2. The largest absolute Gasteiger partial charge is 0.353 e. The lowest BCUT2D eigenvalue weighted by molar-refractivity contribution is -0.132. The topological polar surface area (TPSA) is 30.2 Å². The highest BCUT2D eigenvalue weighted by molar-refractivity contribution is 9.10. The Morgan fingerprint density at radius 1 is 1.24 bits per heavy atom. The van der Waals surface area contributed by atoms with Gasteiger partial charge in [0.1, 0.15) is 6.54 Å². The molecule has 0 saturated carbocycles. The lowest BCUT2D eigenvalue weighted by atomic mass is 10.1. The third kappa shape index (κ3) is 2.71. The molecule has 0 N–H and O–H groups in total. The van der Waals surface area contributed by atoms with Gasteiger partial charge in [-0.3, -0.25) is 4.79 Å². The second kappa shape index (κ2) is 6.37. The summed E-state index contributed by atoms with van der Waals surface area (Å²) in [5.74, 6) is 0.194. The van der Waals surface area contributed by atoms with Gasteiger partial charge in [0.15, 0.2) is 0 Å². The number of likely N-dealkylation sites (tertiary alicyclic amines) is 1. The van der Waals surface area contributed by atoms with Crippen LogP contribution < -0.4 is 0 Å². The third-order valence-corrected chi connectivity index (χ3v) is 6.35. The summed E-state index contributed by atoms with van der Waals surface area (Å²) < 4.78 is 5.34. The van der Waals surface area contributed by atoms with Crippen LogP contribution >= 0.6 is 15.9 Å². The fraction of sp³-hybridized carbons (Fsp3) is 0.350. The van der Waals surface area contributed by atoms with Crippen LogP contribution in [-0.4, -0.2) is 26.5 Å². The summed E-state index contributed by atoms with van der Waals surface area (Å²) in [5, 5.41) is 1.16. The van der Waals surface area contributed by atoms with Crippen molar-refractivity contribution in [2.45, 2.75) is 32.4 Å². The van der Waals surface area contributed by atoms with Gasteiger partial charge in [-0.05, 0) is 53.9 Å². The quantitative estimate of drug-likeness (QED) is 0.641. The van der Waals surface area contributed by atoms with E-state index in [4.69, 9.17) is 0 Å². The highest BCUT2D eigenvalue weighted by Crippen LogP contribution is 2.34. The Kier molecular flexibility index (Phi) is 4.20. The fourth-order valence-corrected chi connectivity index (χ4v) is 4.56. The molecule has 25 heavy (non-hydrogen) atoms. The van der Waals surface area contributed by atoms with Crippen LogP contribution in [0.25, 0.3) is 10.9 Å². The van der Waals surface area contributed by atoms with Gasteiger partial charge in [0, 0.05) is 46.6 Å². The molecule has 0 spiro atoms. The molecule has 1 saturated heterocycles. The lowest BCUT2D eigenvalue weighted by Gasteiger charge is -2.26. The number of fused-ring (bicyclic) bond motifs is 1. The van der Waals surface area contributed by atoms with Crippen molar-refractivity contribution < 1.29 is 4.79 Å². The number of carbonyl (C=O) groups excluding carboxylic acids is 1. The average Bonchev–Trinajstić information content (AvgIpc) is 3.30. The lowest BCUT2D eigenvalue weighted by Crippen LogP contribution is -2.34. The number of benzene rings is 1. The second-order valence-electron chi connectivity index (χ2n) is 6.79. The van der Waals surface area contributed by atoms with Gasteiger partial charge in [-0.15, -0.1) is 0 Å². The van der Waals surface area contributed by atoms with E-state index in [0.29, 0.717) is 6.54 Å². The van der Waals surface area contributed by atoms with Gasteiger partial charge < -0.3 is 14.0 Å². The van der Waals surface area contributed by atoms with Crippen molar-refractivity contribution in [3.8, 4) is 0 Å². The number of hydrogen-bond donors (Lipinski definition) is 0. The summed E-state index contributed by atoms with van der Waals surface area (Å²) in [7, 11) is 2.05. The highest BCUT2D eigenvalue weighted by atomic mass is 79.9. The van der Waals surface area contributed by atoms with Gasteiger partial charge >= 0.3 is 0 Å². The molecule has 1 aromatic carbocycles. The second-order valence-corrected chi connectivity index (χ2v) is 7.58. The molecule has 1 aliphatic rings. The summed E-state index contributed by atoms with van der Waals surface area (Å²) in [6.45, 7) is 3.29. The highest BCUT2D eigenvalue weighted by Gasteiger charge is 2.31. The Bertz CT molecular complexity index is 940. The van der Waals surface area contributed by atoms with Crippen LogP contribution in [0.3, 0.4) is 0 Å². The number of aryl methyl sites for hydroxylation is 1. The predicted molar refractivity (Wildman–Crippen MR) is 103 cm³/mol. The first-order chi connectivity index (χ1) is 12.1. The first-order valence-corrected chi connectivity index (χ1v) is 9.51. The van der Waals surface area contributed by atoms with Crippen molar-refractivity contribution in [3.05, 3.63) is 58.5 Å². The fourth-order valence-electron chi connectivity index (χ4n) is 4.01. The number of nitrogens with zero attached hydrogens (tertiary/aromatic N) is 3. The number of hydrogen-bond acceptors (Lipinski definition) is 1. The molecule has 130 valence electrons. The molecule has 0 aliphatic carbocycles. The van der Waals surface area contributed by atoms with Gasteiger partial charge in [-0.25, -0.2) is 0 Å². The zero-order valence-electron chi connectivity index (χ0n) is 14.6. The molecule has 1 fully saturated rings. The van der Waals surface area contributed by atoms with Gasteiger partial charge in [0.05, 0.1) is 6.04 Å². The van der Waals surface area contributed by atoms with E-state index in [0.717, 1.165) is 40.5 Å². The minimum Gasteiger partial charge on any atom is -0.353 e. The van der Waals surface area contributed by atoms with Crippen LogP contribution in [0.5, 0.6) is 0 Å². The maximum absolute atomic E-state index is 13.1. The van der Waals surface area contributed by atoms with Crippen LogP contribution in [0.4, 0.5) is 0 Å². The molecule has 1 atom stereocenters. The zero-order chi connectivity index (χ0) is 17.6. The Morgan fingerprint density at radius 3 is 2.80 bits per heavy atom. The maximum atomic E-state index is 13.1. The van der Waals surface area contributed by atoms with Crippen molar-refractivity contribution in [3.63, 3.8) is 0 Å². The molecule has 0 radical (unpaired) electrons. The maximum Gasteiger partial charge on any atom is 0.243 e. The molecule has 0 bridgehead atoms. The van der Waals surface area contributed by atoms with Crippen LogP contribution in [0.2, 0.25) is 0 Å². The summed E-state index contributed by atoms with van der Waals surface area (Å²) in [5.41, 5.74) is 3.43. The molecule has 1 aliphatic heterocycles. The molecule has 1 amide bonds. The molecule has 4 rings (SSSR count). The van der Waals surface area contributed by atoms with Crippen molar-refractivity contribution in [1.29, 1.82) is 0 Å². The van der Waals surface area contributed by atoms with Crippen LogP contribution in [0.1, 0.15) is 30.3 Å². The zero-order valence-corrected chi connectivity index (χ0v) is 16.2. The smallest absolute Gasteiger partial charge is 0.243 e. The van der Waals surface area contributed by atoms with Crippen LogP contribution in [0, 0.1) is 6.92 Å². The molecule has 3 heterocycles. The van der Waals surface area contributed by atoms with Crippen LogP contribution in [0.15, 0.2) is 47.1 Å². The van der Waals surface area contributed by atoms with Gasteiger partial charge in [-0.2, -0.15) is 0 Å². The SMILES string of the molecule is Cc1c(Br)c2ccccc2n1CC(=O)N1CCCC1c1cccn1C. The molecule has 2 aromatic heterocycles. The standard InChI is InChI=1S/C20H22BrN3O/c1-14-20(21)15-7-3-4-8-16(15)24(14)13-19(25)23-12-6-10-18(23)17-9-5-11-22(17)2/h3-5,7-9,11,18H,6,10,12-13H2,1-2H3. The number of rotatable bonds is 3. The van der Waals surface area contributed by atoms with Crippen molar-refractivity contribution >= 4 is 32.7 Å². The van der Waals surface area contributed by atoms with Crippen molar-refractivity contribution in [2.24, 2.45) is 7.05 Å². The summed E-state index contributed by atoms with van der Waals surface area (Å²) in [4.78, 5) is 15.2. The molecule has 4 nitrogen and oxygen atoms in total. The van der Waals surface area contributed by atoms with E-state index in [9.17, 15) is 4.79 Å². The van der Waals surface area contributed by atoms with Gasteiger partial charge in [0.25, 0.3) is 0 Å². The first-order valence-electron chi connectivity index (χ1n) is 8.72. The number of amides is 1. The number of carbonyl (C=O) groups is 1. The number of halogens is 1. The monoisotopic (exact) mass is 399 g/mol. The Balaban J connectivity index is 1.64. The van der Waals surface area contributed by atoms with Crippen molar-refractivity contribution in [2.75, 3.05) is 6.54 Å². The minimum atomic E-state index is 0.193. The molecule has 3 aromatic rings. The summed E-state index contributed by atoms with van der Waals surface area (Å²) in [6.07, 6.45) is 4.16. The molecule has 1 unspecified atom stereocenters. The predicted octanol–water partition coefficient (Wildman–Crippen LogP) is 4.41.